The van der Waals surface area contributed by atoms with E-state index in [0.29, 0.717) is 10.8 Å². The minimum atomic E-state index is -1.82. The third-order valence-electron chi connectivity index (χ3n) is 3.77. The van der Waals surface area contributed by atoms with E-state index in [0.717, 1.165) is 5.56 Å². The third-order valence-corrected chi connectivity index (χ3v) is 4.02. The molecule has 1 aliphatic rings. The van der Waals surface area contributed by atoms with Crippen LogP contribution in [-0.4, -0.2) is 16.9 Å². The molecule has 1 N–H and O–H groups in total. The van der Waals surface area contributed by atoms with Gasteiger partial charge in [0, 0.05) is 5.02 Å². The fraction of sp³-hybridized carbons (Fsp3) is 0.150. The van der Waals surface area contributed by atoms with Crippen molar-refractivity contribution in [3.63, 3.8) is 0 Å². The van der Waals surface area contributed by atoms with Crippen LogP contribution < -0.4 is 4.74 Å². The standard InChI is InChI=1S/C20H17ClO4/c21-16-9-11-17(12-10-16)25-20(23)13-5-4-8-18(20)19(22)24-14-15-6-2-1-3-7-15/h1-13,18,23H,14H2. The van der Waals surface area contributed by atoms with Crippen molar-refractivity contribution in [2.75, 3.05) is 0 Å². The zero-order valence-electron chi connectivity index (χ0n) is 13.3. The molecule has 2 unspecified atom stereocenters. The first kappa shape index (κ1) is 17.3. The molecule has 2 atom stereocenters. The van der Waals surface area contributed by atoms with E-state index >= 15 is 0 Å². The third kappa shape index (κ3) is 4.29. The van der Waals surface area contributed by atoms with Gasteiger partial charge in [-0.2, -0.15) is 0 Å². The summed E-state index contributed by atoms with van der Waals surface area (Å²) in [5.41, 5.74) is 0.869. The van der Waals surface area contributed by atoms with Crippen LogP contribution in [0.5, 0.6) is 5.75 Å². The van der Waals surface area contributed by atoms with Gasteiger partial charge < -0.3 is 14.6 Å². The normalized spacial score (nSPS) is 21.8. The van der Waals surface area contributed by atoms with Crippen LogP contribution >= 0.6 is 11.6 Å². The Kier molecular flexibility index (Phi) is 5.22. The second-order valence-corrected chi connectivity index (χ2v) is 6.06. The van der Waals surface area contributed by atoms with Crippen molar-refractivity contribution in [3.05, 3.63) is 89.5 Å². The quantitative estimate of drug-likeness (QED) is 0.652. The van der Waals surface area contributed by atoms with Crippen LogP contribution in [0.25, 0.3) is 0 Å². The van der Waals surface area contributed by atoms with E-state index in [9.17, 15) is 9.90 Å². The Bertz CT molecular complexity index is 783. The number of allylic oxidation sites excluding steroid dienone is 2. The Balaban J connectivity index is 1.71. The van der Waals surface area contributed by atoms with Gasteiger partial charge in [-0.05, 0) is 35.9 Å². The summed E-state index contributed by atoms with van der Waals surface area (Å²) >= 11 is 5.85. The van der Waals surface area contributed by atoms with Crippen molar-refractivity contribution in [1.82, 2.24) is 0 Å². The lowest BCUT2D eigenvalue weighted by Gasteiger charge is -2.32. The Labute approximate surface area is 151 Å². The topological polar surface area (TPSA) is 55.8 Å². The number of aliphatic hydroxyl groups is 1. The van der Waals surface area contributed by atoms with E-state index in [1.807, 2.05) is 30.3 Å². The first-order chi connectivity index (χ1) is 12.1. The molecule has 25 heavy (non-hydrogen) atoms. The fourth-order valence-electron chi connectivity index (χ4n) is 2.47. The predicted molar refractivity (Wildman–Crippen MR) is 95.0 cm³/mol. The van der Waals surface area contributed by atoms with E-state index in [1.165, 1.54) is 6.08 Å². The summed E-state index contributed by atoms with van der Waals surface area (Å²) in [5.74, 6) is -2.97. The maximum absolute atomic E-state index is 12.5. The van der Waals surface area contributed by atoms with Crippen LogP contribution in [0.3, 0.4) is 0 Å². The summed E-state index contributed by atoms with van der Waals surface area (Å²) in [6.07, 6.45) is 6.28. The first-order valence-corrected chi connectivity index (χ1v) is 8.18. The number of hydrogen-bond donors (Lipinski definition) is 1. The van der Waals surface area contributed by atoms with E-state index in [2.05, 4.69) is 0 Å². The van der Waals surface area contributed by atoms with Crippen LogP contribution in [0.15, 0.2) is 78.9 Å². The van der Waals surface area contributed by atoms with Gasteiger partial charge in [-0.25, -0.2) is 0 Å². The molecule has 0 aromatic heterocycles. The van der Waals surface area contributed by atoms with Gasteiger partial charge in [-0.15, -0.1) is 0 Å². The van der Waals surface area contributed by atoms with Gasteiger partial charge in [0.2, 0.25) is 5.79 Å². The maximum atomic E-state index is 12.5. The highest BCUT2D eigenvalue weighted by molar-refractivity contribution is 6.30. The molecule has 3 rings (SSSR count). The highest BCUT2D eigenvalue weighted by atomic mass is 35.5. The Morgan fingerprint density at radius 1 is 1.08 bits per heavy atom. The lowest BCUT2D eigenvalue weighted by molar-refractivity contribution is -0.174. The van der Waals surface area contributed by atoms with E-state index < -0.39 is 17.7 Å². The molecule has 4 nitrogen and oxygen atoms in total. The summed E-state index contributed by atoms with van der Waals surface area (Å²) in [7, 11) is 0. The zero-order valence-corrected chi connectivity index (χ0v) is 14.1. The molecule has 0 saturated heterocycles. The van der Waals surface area contributed by atoms with Crippen LogP contribution in [0.2, 0.25) is 5.02 Å². The number of esters is 1. The molecule has 0 spiro atoms. The molecule has 0 bridgehead atoms. The molecule has 128 valence electrons. The lowest BCUT2D eigenvalue weighted by Crippen LogP contribution is -2.46. The highest BCUT2D eigenvalue weighted by Crippen LogP contribution is 2.30. The number of carbonyl (C=O) groups excluding carboxylic acids is 1. The maximum Gasteiger partial charge on any atom is 0.320 e. The second kappa shape index (κ2) is 7.55. The molecular formula is C20H17ClO4. The van der Waals surface area contributed by atoms with Gasteiger partial charge in [0.1, 0.15) is 18.3 Å². The molecule has 0 heterocycles. The first-order valence-electron chi connectivity index (χ1n) is 7.80. The number of ether oxygens (including phenoxy) is 2. The largest absolute Gasteiger partial charge is 0.460 e. The molecule has 0 fully saturated rings. The van der Waals surface area contributed by atoms with Crippen molar-refractivity contribution in [2.45, 2.75) is 12.4 Å². The molecule has 0 amide bonds. The van der Waals surface area contributed by atoms with Gasteiger partial charge in [-0.3, -0.25) is 4.79 Å². The fourth-order valence-corrected chi connectivity index (χ4v) is 2.59. The van der Waals surface area contributed by atoms with E-state index in [1.54, 1.807) is 42.5 Å². The van der Waals surface area contributed by atoms with Crippen molar-refractivity contribution in [2.24, 2.45) is 5.92 Å². The monoisotopic (exact) mass is 356 g/mol. The second-order valence-electron chi connectivity index (χ2n) is 5.62. The Morgan fingerprint density at radius 2 is 1.80 bits per heavy atom. The van der Waals surface area contributed by atoms with Gasteiger partial charge in [0.15, 0.2) is 0 Å². The summed E-state index contributed by atoms with van der Waals surface area (Å²) in [6, 6.07) is 15.9. The molecule has 2 aromatic carbocycles. The van der Waals surface area contributed by atoms with Crippen molar-refractivity contribution < 1.29 is 19.4 Å². The predicted octanol–water partition coefficient (Wildman–Crippen LogP) is 3.89. The molecule has 0 radical (unpaired) electrons. The summed E-state index contributed by atoms with van der Waals surface area (Å²) in [6.45, 7) is 0.130. The lowest BCUT2D eigenvalue weighted by atomic mass is 9.93. The van der Waals surface area contributed by atoms with Crippen LogP contribution in [-0.2, 0) is 16.1 Å². The van der Waals surface area contributed by atoms with Crippen molar-refractivity contribution in [1.29, 1.82) is 0 Å². The van der Waals surface area contributed by atoms with Gasteiger partial charge in [0.05, 0.1) is 0 Å². The molecule has 0 saturated carbocycles. The summed E-state index contributed by atoms with van der Waals surface area (Å²) in [5, 5.41) is 11.4. The number of carbonyl (C=O) groups is 1. The van der Waals surface area contributed by atoms with E-state index in [-0.39, 0.29) is 6.61 Å². The summed E-state index contributed by atoms with van der Waals surface area (Å²) in [4.78, 5) is 12.5. The number of hydrogen-bond acceptors (Lipinski definition) is 4. The minimum Gasteiger partial charge on any atom is -0.460 e. The van der Waals surface area contributed by atoms with Crippen LogP contribution in [0.4, 0.5) is 0 Å². The molecule has 1 aliphatic carbocycles. The van der Waals surface area contributed by atoms with E-state index in [4.69, 9.17) is 21.1 Å². The average molecular weight is 357 g/mol. The smallest absolute Gasteiger partial charge is 0.320 e. The van der Waals surface area contributed by atoms with Gasteiger partial charge in [0.25, 0.3) is 0 Å². The molecule has 0 aliphatic heterocycles. The number of benzene rings is 2. The SMILES string of the molecule is O=C(OCc1ccccc1)C1C=CC=CC1(O)Oc1ccc(Cl)cc1. The van der Waals surface area contributed by atoms with Crippen LogP contribution in [0, 0.1) is 5.92 Å². The van der Waals surface area contributed by atoms with Crippen LogP contribution in [0.1, 0.15) is 5.56 Å². The van der Waals surface area contributed by atoms with Crippen molar-refractivity contribution >= 4 is 17.6 Å². The Morgan fingerprint density at radius 3 is 2.52 bits per heavy atom. The minimum absolute atomic E-state index is 0.130. The molecular weight excluding hydrogens is 340 g/mol. The Hall–Kier alpha value is -2.56. The highest BCUT2D eigenvalue weighted by Gasteiger charge is 2.42. The summed E-state index contributed by atoms with van der Waals surface area (Å²) < 4.78 is 11.0. The van der Waals surface area contributed by atoms with Crippen molar-refractivity contribution in [3.8, 4) is 5.75 Å². The molecule has 2 aromatic rings. The zero-order chi connectivity index (χ0) is 17.7. The number of halogens is 1. The average Bonchev–Trinajstić information content (AvgIpc) is 2.63. The van der Waals surface area contributed by atoms with Gasteiger partial charge >= 0.3 is 5.97 Å². The number of rotatable bonds is 5. The molecule has 5 heteroatoms. The van der Waals surface area contributed by atoms with Gasteiger partial charge in [-0.1, -0.05) is 60.2 Å².